The van der Waals surface area contributed by atoms with Crippen molar-refractivity contribution < 1.29 is 24.0 Å². The number of fused-ring (bicyclic) bond motifs is 5. The van der Waals surface area contributed by atoms with Gasteiger partial charge in [0, 0.05) is 114 Å². The van der Waals surface area contributed by atoms with Gasteiger partial charge in [-0.25, -0.2) is 0 Å². The van der Waals surface area contributed by atoms with Gasteiger partial charge in [0.2, 0.25) is 0 Å². The van der Waals surface area contributed by atoms with Crippen LogP contribution < -0.4 is 56.5 Å². The highest BCUT2D eigenvalue weighted by Gasteiger charge is 2.13. The Morgan fingerprint density at radius 3 is 1.39 bits per heavy atom. The molecule has 0 fully saturated rings. The molecule has 0 atom stereocenters. The van der Waals surface area contributed by atoms with Crippen LogP contribution in [0.15, 0.2) is 177 Å². The molecule has 410 valence electrons. The van der Waals surface area contributed by atoms with Gasteiger partial charge in [-0.15, -0.1) is 0 Å². The van der Waals surface area contributed by atoms with Gasteiger partial charge in [0.15, 0.2) is 29.8 Å². The zero-order valence-electron chi connectivity index (χ0n) is 44.2. The molecule has 80 heavy (non-hydrogen) atoms. The van der Waals surface area contributed by atoms with Crippen LogP contribution in [0.3, 0.4) is 0 Å². The maximum Gasteiger partial charge on any atom is 0.280 e. The lowest BCUT2D eigenvalue weighted by molar-refractivity contribution is 0.0964. The standard InChI is InChI=1S/5C11H12N4O/c1-15-5-4-7-6-8(2-3-9(7)15)10(16)14-11(12)13;1-15-5-4-7-2-3-8(6-9(7)15)10(16)14-11(12)13;1-15-6-5-7-8(3-2-4-9(7)15)10(16)14-11(12)13;2*1-13-11(12)15-10(16)9-6-7-4-2-3-5-8(7)14-9/h3*2-6H,1H3,(H4,12,13,14,16);2*2-6,14H,1H3,(H3,12,13,15,16). The van der Waals surface area contributed by atoms with Gasteiger partial charge in [0.1, 0.15) is 11.4 Å². The molecule has 20 N–H and O–H groups in total. The minimum absolute atomic E-state index is 0.101. The lowest BCUT2D eigenvalue weighted by atomic mass is 10.1. The first-order valence-electron chi connectivity index (χ1n) is 23.9. The number of guanidine groups is 5. The Morgan fingerprint density at radius 2 is 0.875 bits per heavy atom. The van der Waals surface area contributed by atoms with Gasteiger partial charge < -0.3 is 69.5 Å². The third-order valence-corrected chi connectivity index (χ3v) is 11.6. The number of carbonyl (C=O) groups is 5. The number of nitrogens with zero attached hydrogens (tertiary/aromatic N) is 8. The normalized spacial score (nSPS) is 10.9. The van der Waals surface area contributed by atoms with Gasteiger partial charge in [0.05, 0.1) is 5.56 Å². The molecule has 0 saturated carbocycles. The molecule has 0 radical (unpaired) electrons. The Kier molecular flexibility index (Phi) is 19.0. The SMILES string of the molecule is CN=C(N)NC(=O)c1cc2ccccc2[nH]1.CN=C(N)NC(=O)c1cc2ccccc2[nH]1.Cn1ccc2c(C(=O)N=C(N)N)cccc21.Cn1ccc2cc(C(=O)N=C(N)N)ccc21.Cn1ccc2ccc(C(=O)N=C(N)N)cc21. The third-order valence-electron chi connectivity index (χ3n) is 11.6. The maximum absolute atomic E-state index is 11.7. The number of hydrogen-bond donors (Lipinski definition) is 12. The molecule has 0 bridgehead atoms. The minimum atomic E-state index is -0.428. The molecule has 0 saturated heterocycles. The van der Waals surface area contributed by atoms with Gasteiger partial charge in [-0.05, 0) is 90.3 Å². The molecule has 5 heterocycles. The summed E-state index contributed by atoms with van der Waals surface area (Å²) in [5.74, 6) is -2.33. The van der Waals surface area contributed by atoms with E-state index in [-0.39, 0.29) is 41.6 Å². The Labute approximate surface area is 456 Å². The predicted molar refractivity (Wildman–Crippen MR) is 316 cm³/mol. The Hall–Kier alpha value is -11.5. The average molecular weight is 1080 g/mol. The van der Waals surface area contributed by atoms with E-state index in [1.54, 1.807) is 48.5 Å². The lowest BCUT2D eigenvalue weighted by Crippen LogP contribution is -2.36. The number of hydrogen-bond acceptors (Lipinski definition) is 7. The Morgan fingerprint density at radius 1 is 0.425 bits per heavy atom. The number of nitrogens with one attached hydrogen (secondary N) is 4. The first kappa shape index (κ1) is 57.8. The molecule has 0 unspecified atom stereocenters. The largest absolute Gasteiger partial charge is 0.370 e. The number of amides is 5. The Balaban J connectivity index is 0.000000161. The van der Waals surface area contributed by atoms with Crippen molar-refractivity contribution in [2.45, 2.75) is 0 Å². The summed E-state index contributed by atoms with van der Waals surface area (Å²) in [4.78, 5) is 82.0. The highest BCUT2D eigenvalue weighted by molar-refractivity contribution is 6.11. The van der Waals surface area contributed by atoms with Crippen molar-refractivity contribution in [2.24, 2.45) is 92.0 Å². The zero-order chi connectivity index (χ0) is 58.2. The van der Waals surface area contributed by atoms with E-state index < -0.39 is 17.7 Å². The molecule has 0 aliphatic rings. The fourth-order valence-electron chi connectivity index (χ4n) is 7.71. The second-order valence-electron chi connectivity index (χ2n) is 17.3. The molecule has 5 aromatic carbocycles. The molecule has 25 heteroatoms. The van der Waals surface area contributed by atoms with E-state index in [0.717, 1.165) is 54.5 Å². The van der Waals surface area contributed by atoms with E-state index in [4.69, 9.17) is 45.9 Å². The molecule has 25 nitrogen and oxygen atoms in total. The number of rotatable bonds is 5. The van der Waals surface area contributed by atoms with E-state index in [9.17, 15) is 24.0 Å². The van der Waals surface area contributed by atoms with Gasteiger partial charge in [0.25, 0.3) is 29.5 Å². The Bertz CT molecular complexity index is 3890. The number of benzene rings is 5. The number of para-hydroxylation sites is 2. The van der Waals surface area contributed by atoms with Crippen molar-refractivity contribution in [1.82, 2.24) is 34.3 Å². The summed E-state index contributed by atoms with van der Waals surface area (Å²) < 4.78 is 5.84. The molecule has 0 aliphatic heterocycles. The quantitative estimate of drug-likeness (QED) is 0.0869. The summed E-state index contributed by atoms with van der Waals surface area (Å²) in [5, 5.41) is 9.81. The monoisotopic (exact) mass is 1080 g/mol. The van der Waals surface area contributed by atoms with Crippen LogP contribution >= 0.6 is 0 Å². The summed E-state index contributed by atoms with van der Waals surface area (Å²) in [6.07, 6.45) is 5.75. The van der Waals surface area contributed by atoms with Gasteiger partial charge in [-0.3, -0.25) is 44.6 Å². The second kappa shape index (κ2) is 26.3. The van der Waals surface area contributed by atoms with E-state index in [0.29, 0.717) is 28.1 Å². The van der Waals surface area contributed by atoms with Crippen molar-refractivity contribution in [2.75, 3.05) is 14.1 Å². The van der Waals surface area contributed by atoms with E-state index >= 15 is 0 Å². The second-order valence-corrected chi connectivity index (χ2v) is 17.3. The van der Waals surface area contributed by atoms with Crippen LogP contribution in [0, 0.1) is 0 Å². The first-order valence-corrected chi connectivity index (χ1v) is 23.9. The third kappa shape index (κ3) is 15.1. The fraction of sp³-hybridized carbons (Fsp3) is 0.0909. The van der Waals surface area contributed by atoms with Crippen LogP contribution in [0.4, 0.5) is 0 Å². The van der Waals surface area contributed by atoms with Crippen LogP contribution in [0.5, 0.6) is 0 Å². The highest BCUT2D eigenvalue weighted by Crippen LogP contribution is 2.21. The van der Waals surface area contributed by atoms with Crippen LogP contribution in [-0.4, -0.2) is 97.1 Å². The number of aliphatic imine (C=N–C) groups is 5. The zero-order valence-corrected chi connectivity index (χ0v) is 44.2. The smallest absolute Gasteiger partial charge is 0.280 e. The molecule has 10 rings (SSSR count). The number of aryl methyl sites for hydroxylation is 3. The van der Waals surface area contributed by atoms with Crippen molar-refractivity contribution in [3.05, 3.63) is 180 Å². The molecular formula is C55H60N20O5. The summed E-state index contributed by atoms with van der Waals surface area (Å²) in [6, 6.07) is 40.8. The van der Waals surface area contributed by atoms with Crippen LogP contribution in [0.25, 0.3) is 54.5 Å². The van der Waals surface area contributed by atoms with Crippen molar-refractivity contribution >= 4 is 114 Å². The summed E-state index contributed by atoms with van der Waals surface area (Å²) >= 11 is 0. The van der Waals surface area contributed by atoms with Crippen LogP contribution in [0.1, 0.15) is 52.1 Å². The number of nitrogens with two attached hydrogens (primary N) is 8. The van der Waals surface area contributed by atoms with Gasteiger partial charge >= 0.3 is 0 Å². The maximum atomic E-state index is 11.7. The molecular weight excluding hydrogens is 1020 g/mol. The van der Waals surface area contributed by atoms with Crippen LogP contribution in [-0.2, 0) is 21.1 Å². The molecule has 0 aliphatic carbocycles. The van der Waals surface area contributed by atoms with Gasteiger partial charge in [-0.2, -0.15) is 15.0 Å². The number of H-pyrrole nitrogens is 2. The lowest BCUT2D eigenvalue weighted by Gasteiger charge is -2.00. The van der Waals surface area contributed by atoms with E-state index in [1.165, 1.54) is 14.1 Å². The summed E-state index contributed by atoms with van der Waals surface area (Å²) in [5.41, 5.74) is 49.0. The summed E-state index contributed by atoms with van der Waals surface area (Å²) in [6.45, 7) is 0. The summed E-state index contributed by atoms with van der Waals surface area (Å²) in [7, 11) is 8.80. The highest BCUT2D eigenvalue weighted by atomic mass is 16.2. The van der Waals surface area contributed by atoms with E-state index in [1.807, 2.05) is 138 Å². The number of aromatic nitrogens is 5. The van der Waals surface area contributed by atoms with Crippen molar-refractivity contribution in [1.29, 1.82) is 0 Å². The molecule has 5 amide bonds. The topological polar surface area (TPSA) is 426 Å². The predicted octanol–water partition coefficient (Wildman–Crippen LogP) is 3.46. The van der Waals surface area contributed by atoms with Gasteiger partial charge in [-0.1, -0.05) is 48.5 Å². The molecule has 10 aromatic rings. The number of carbonyl (C=O) groups excluding carboxylic acids is 5. The molecule has 5 aromatic heterocycles. The average Bonchev–Trinajstić information content (AvgIpc) is 4.30. The van der Waals surface area contributed by atoms with E-state index in [2.05, 4.69) is 45.6 Å². The fourth-order valence-corrected chi connectivity index (χ4v) is 7.71. The van der Waals surface area contributed by atoms with Crippen molar-refractivity contribution in [3.8, 4) is 0 Å². The van der Waals surface area contributed by atoms with Crippen LogP contribution in [0.2, 0.25) is 0 Å². The first-order chi connectivity index (χ1) is 38.1. The molecule has 0 spiro atoms. The van der Waals surface area contributed by atoms with Crippen molar-refractivity contribution in [3.63, 3.8) is 0 Å². The number of aromatic amines is 2. The minimum Gasteiger partial charge on any atom is -0.370 e.